The van der Waals surface area contributed by atoms with E-state index in [1.807, 2.05) is 12.1 Å². The van der Waals surface area contributed by atoms with Crippen molar-refractivity contribution in [2.75, 3.05) is 5.32 Å². The molecule has 1 unspecified atom stereocenters. The van der Waals surface area contributed by atoms with E-state index in [2.05, 4.69) is 17.2 Å². The third-order valence-corrected chi connectivity index (χ3v) is 1.90. The van der Waals surface area contributed by atoms with Gasteiger partial charge in [0.2, 0.25) is 6.10 Å². The highest BCUT2D eigenvalue weighted by Crippen LogP contribution is 2.28. The van der Waals surface area contributed by atoms with Crippen molar-refractivity contribution in [3.8, 4) is 17.6 Å². The maximum absolute atomic E-state index is 11.4. The fraction of sp³-hybridized carbons (Fsp3) is 0.182. The molecule has 1 heterocycles. The molecule has 1 amide bonds. The smallest absolute Gasteiger partial charge is 0.278 e. The molecule has 0 saturated carbocycles. The van der Waals surface area contributed by atoms with E-state index in [0.29, 0.717) is 11.4 Å². The molecule has 0 aromatic heterocycles. The van der Waals surface area contributed by atoms with Gasteiger partial charge >= 0.3 is 0 Å². The number of fused-ring (bicyclic) bond motifs is 1. The van der Waals surface area contributed by atoms with Gasteiger partial charge in [-0.3, -0.25) is 4.79 Å². The number of para-hydroxylation sites is 2. The summed E-state index contributed by atoms with van der Waals surface area (Å²) in [5.41, 5.74) is 0.701. The van der Waals surface area contributed by atoms with E-state index in [-0.39, 0.29) is 5.91 Å². The summed E-state index contributed by atoms with van der Waals surface area (Å²) in [6.45, 7) is 1.68. The summed E-state index contributed by atoms with van der Waals surface area (Å²) in [7, 11) is 0. The largest absolute Gasteiger partial charge is 0.466 e. The maximum Gasteiger partial charge on any atom is 0.278 e. The van der Waals surface area contributed by atoms with Crippen LogP contribution in [0.2, 0.25) is 0 Å². The summed E-state index contributed by atoms with van der Waals surface area (Å²) in [6.07, 6.45) is -0.685. The van der Waals surface area contributed by atoms with E-state index in [1.165, 1.54) is 0 Å². The predicted molar refractivity (Wildman–Crippen MR) is 52.9 cm³/mol. The highest BCUT2D eigenvalue weighted by atomic mass is 16.5. The fourth-order valence-corrected chi connectivity index (χ4v) is 1.28. The minimum Gasteiger partial charge on any atom is -0.466 e. The molecule has 0 radical (unpaired) electrons. The van der Waals surface area contributed by atoms with E-state index in [1.54, 1.807) is 19.1 Å². The first-order valence-electron chi connectivity index (χ1n) is 4.30. The molecule has 70 valence electrons. The Labute approximate surface area is 82.1 Å². The Balaban J connectivity index is 2.34. The standard InChI is InChI=1S/C11H9NO2/c1-2-5-10-11(13)12-8-6-3-4-7-9(8)14-10/h3-4,6-7,10H,1H3,(H,12,13). The number of anilines is 1. The zero-order valence-electron chi connectivity index (χ0n) is 7.70. The molecule has 1 N–H and O–H groups in total. The van der Waals surface area contributed by atoms with Crippen molar-refractivity contribution >= 4 is 11.6 Å². The van der Waals surface area contributed by atoms with Crippen LogP contribution in [0.1, 0.15) is 6.92 Å². The minimum atomic E-state index is -0.685. The average molecular weight is 187 g/mol. The Hall–Kier alpha value is -1.95. The Kier molecular flexibility index (Phi) is 2.11. The topological polar surface area (TPSA) is 38.3 Å². The van der Waals surface area contributed by atoms with Gasteiger partial charge in [-0.2, -0.15) is 0 Å². The maximum atomic E-state index is 11.4. The third-order valence-electron chi connectivity index (χ3n) is 1.90. The van der Waals surface area contributed by atoms with Crippen LogP contribution >= 0.6 is 0 Å². The van der Waals surface area contributed by atoms with E-state index in [9.17, 15) is 4.79 Å². The van der Waals surface area contributed by atoms with Crippen LogP contribution in [0.15, 0.2) is 24.3 Å². The van der Waals surface area contributed by atoms with E-state index >= 15 is 0 Å². The van der Waals surface area contributed by atoms with Gasteiger partial charge in [0.05, 0.1) is 5.69 Å². The molecule has 1 aliphatic heterocycles. The Morgan fingerprint density at radius 3 is 3.00 bits per heavy atom. The molecular weight excluding hydrogens is 178 g/mol. The van der Waals surface area contributed by atoms with Gasteiger partial charge in [0.25, 0.3) is 5.91 Å². The van der Waals surface area contributed by atoms with E-state index < -0.39 is 6.10 Å². The normalized spacial score (nSPS) is 18.4. The van der Waals surface area contributed by atoms with Gasteiger partial charge in [0.15, 0.2) is 0 Å². The van der Waals surface area contributed by atoms with Gasteiger partial charge in [0.1, 0.15) is 5.75 Å². The van der Waals surface area contributed by atoms with Crippen molar-refractivity contribution in [2.24, 2.45) is 0 Å². The molecule has 14 heavy (non-hydrogen) atoms. The molecule has 1 aromatic rings. The van der Waals surface area contributed by atoms with Gasteiger partial charge in [-0.15, -0.1) is 5.92 Å². The van der Waals surface area contributed by atoms with Crippen molar-refractivity contribution in [2.45, 2.75) is 13.0 Å². The summed E-state index contributed by atoms with van der Waals surface area (Å²) in [5.74, 6) is 5.81. The Morgan fingerprint density at radius 1 is 1.43 bits per heavy atom. The number of ether oxygens (including phenoxy) is 1. The summed E-state index contributed by atoms with van der Waals surface area (Å²) in [6, 6.07) is 7.29. The molecule has 1 aliphatic rings. The van der Waals surface area contributed by atoms with Gasteiger partial charge in [-0.25, -0.2) is 0 Å². The summed E-state index contributed by atoms with van der Waals surface area (Å²) in [4.78, 5) is 11.4. The summed E-state index contributed by atoms with van der Waals surface area (Å²) in [5, 5.41) is 2.73. The van der Waals surface area contributed by atoms with Crippen molar-refractivity contribution in [1.29, 1.82) is 0 Å². The van der Waals surface area contributed by atoms with Gasteiger partial charge in [-0.1, -0.05) is 12.1 Å². The van der Waals surface area contributed by atoms with Gasteiger partial charge < -0.3 is 10.1 Å². The Bertz CT molecular complexity index is 428. The molecule has 0 spiro atoms. The molecule has 0 saturated heterocycles. The number of rotatable bonds is 0. The highest BCUT2D eigenvalue weighted by molar-refractivity contribution is 5.99. The van der Waals surface area contributed by atoms with E-state index in [4.69, 9.17) is 4.74 Å². The van der Waals surface area contributed by atoms with Crippen molar-refractivity contribution in [3.63, 3.8) is 0 Å². The lowest BCUT2D eigenvalue weighted by molar-refractivity contribution is -0.121. The van der Waals surface area contributed by atoms with Crippen LogP contribution in [0.4, 0.5) is 5.69 Å². The van der Waals surface area contributed by atoms with Crippen LogP contribution in [-0.2, 0) is 4.79 Å². The third kappa shape index (κ3) is 1.42. The zero-order valence-corrected chi connectivity index (χ0v) is 7.70. The second kappa shape index (κ2) is 3.43. The molecule has 1 aromatic carbocycles. The lowest BCUT2D eigenvalue weighted by Gasteiger charge is -2.22. The van der Waals surface area contributed by atoms with Crippen LogP contribution < -0.4 is 10.1 Å². The van der Waals surface area contributed by atoms with Gasteiger partial charge in [0, 0.05) is 0 Å². The van der Waals surface area contributed by atoms with Crippen LogP contribution in [0, 0.1) is 11.8 Å². The SMILES string of the molecule is CC#CC1Oc2ccccc2NC1=O. The number of amides is 1. The lowest BCUT2D eigenvalue weighted by Crippen LogP contribution is -2.35. The van der Waals surface area contributed by atoms with Crippen molar-refractivity contribution in [1.82, 2.24) is 0 Å². The second-order valence-electron chi connectivity index (χ2n) is 2.88. The lowest BCUT2D eigenvalue weighted by atomic mass is 10.2. The van der Waals surface area contributed by atoms with Crippen LogP contribution in [0.5, 0.6) is 5.75 Å². The molecule has 2 rings (SSSR count). The van der Waals surface area contributed by atoms with Crippen LogP contribution in [0.25, 0.3) is 0 Å². The van der Waals surface area contributed by atoms with Crippen molar-refractivity contribution in [3.05, 3.63) is 24.3 Å². The van der Waals surface area contributed by atoms with Crippen molar-refractivity contribution < 1.29 is 9.53 Å². The number of benzene rings is 1. The second-order valence-corrected chi connectivity index (χ2v) is 2.88. The first-order valence-corrected chi connectivity index (χ1v) is 4.30. The van der Waals surface area contributed by atoms with Crippen LogP contribution in [-0.4, -0.2) is 12.0 Å². The highest BCUT2D eigenvalue weighted by Gasteiger charge is 2.24. The number of carbonyl (C=O) groups is 1. The minimum absolute atomic E-state index is 0.210. The number of carbonyl (C=O) groups excluding carboxylic acids is 1. The average Bonchev–Trinajstić information content (AvgIpc) is 2.19. The fourth-order valence-electron chi connectivity index (χ4n) is 1.28. The molecule has 0 bridgehead atoms. The molecule has 3 nitrogen and oxygen atoms in total. The number of hydrogen-bond acceptors (Lipinski definition) is 2. The molecule has 0 fully saturated rings. The molecule has 0 aliphatic carbocycles. The predicted octanol–water partition coefficient (Wildman–Crippen LogP) is 1.41. The summed E-state index contributed by atoms with van der Waals surface area (Å²) < 4.78 is 5.40. The number of nitrogens with one attached hydrogen (secondary N) is 1. The number of hydrogen-bond donors (Lipinski definition) is 1. The molecular formula is C11H9NO2. The Morgan fingerprint density at radius 2 is 2.21 bits per heavy atom. The zero-order chi connectivity index (χ0) is 9.97. The first kappa shape index (κ1) is 8.64. The van der Waals surface area contributed by atoms with E-state index in [0.717, 1.165) is 0 Å². The molecule has 3 heteroatoms. The van der Waals surface area contributed by atoms with Gasteiger partial charge in [-0.05, 0) is 25.0 Å². The molecule has 1 atom stereocenters. The van der Waals surface area contributed by atoms with Crippen LogP contribution in [0.3, 0.4) is 0 Å². The summed E-state index contributed by atoms with van der Waals surface area (Å²) >= 11 is 0. The first-order chi connectivity index (χ1) is 6.81. The quantitative estimate of drug-likeness (QED) is 0.623. The monoisotopic (exact) mass is 187 g/mol.